The topological polar surface area (TPSA) is 51.2 Å². The van der Waals surface area contributed by atoms with Crippen LogP contribution < -0.4 is 10.1 Å². The molecule has 4 nitrogen and oxygen atoms in total. The number of hydrogen-bond acceptors (Lipinski definition) is 5. The Balaban J connectivity index is 1.37. The van der Waals surface area contributed by atoms with Crippen LogP contribution in [0.2, 0.25) is 0 Å². The molecule has 26 heavy (non-hydrogen) atoms. The Morgan fingerprint density at radius 1 is 1.23 bits per heavy atom. The molecule has 0 atom stereocenters. The van der Waals surface area contributed by atoms with Gasteiger partial charge in [-0.25, -0.2) is 4.98 Å². The molecule has 1 aromatic carbocycles. The lowest BCUT2D eigenvalue weighted by molar-refractivity contribution is 0.103. The predicted molar refractivity (Wildman–Crippen MR) is 107 cm³/mol. The van der Waals surface area contributed by atoms with Crippen LogP contribution in [0.15, 0.2) is 29.6 Å². The number of benzene rings is 1. The van der Waals surface area contributed by atoms with Crippen LogP contribution in [0, 0.1) is 13.8 Å². The number of thiazole rings is 1. The van der Waals surface area contributed by atoms with Crippen molar-refractivity contribution in [2.75, 3.05) is 5.32 Å². The first kappa shape index (κ1) is 17.2. The van der Waals surface area contributed by atoms with E-state index in [1.165, 1.54) is 46.6 Å². The molecule has 4 rings (SSSR count). The molecule has 2 heterocycles. The number of carbonyl (C=O) groups excluding carboxylic acids is 1. The molecule has 0 radical (unpaired) electrons. The molecule has 0 fully saturated rings. The Morgan fingerprint density at radius 2 is 2.08 bits per heavy atom. The second kappa shape index (κ2) is 7.21. The number of fused-ring (bicyclic) bond motifs is 1. The largest absolute Gasteiger partial charge is 0.489 e. The Bertz CT molecular complexity index is 939. The average molecular weight is 385 g/mol. The number of amides is 1. The second-order valence-electron chi connectivity index (χ2n) is 6.51. The fourth-order valence-corrected chi connectivity index (χ4v) is 4.66. The number of nitrogens with one attached hydrogen (secondary N) is 1. The Hall–Kier alpha value is -2.18. The van der Waals surface area contributed by atoms with E-state index in [1.54, 1.807) is 0 Å². The number of aryl methyl sites for hydroxylation is 4. The lowest BCUT2D eigenvalue weighted by atomic mass is 10.1. The van der Waals surface area contributed by atoms with Crippen molar-refractivity contribution < 1.29 is 9.53 Å². The summed E-state index contributed by atoms with van der Waals surface area (Å²) in [6.07, 6.45) is 3.56. The third kappa shape index (κ3) is 3.66. The zero-order valence-electron chi connectivity index (χ0n) is 14.8. The Kier molecular flexibility index (Phi) is 4.78. The molecule has 134 valence electrons. The van der Waals surface area contributed by atoms with Crippen molar-refractivity contribution in [1.29, 1.82) is 0 Å². The monoisotopic (exact) mass is 384 g/mol. The van der Waals surface area contributed by atoms with Crippen molar-refractivity contribution in [2.45, 2.75) is 39.7 Å². The van der Waals surface area contributed by atoms with E-state index in [1.807, 2.05) is 31.4 Å². The number of nitrogens with zero attached hydrogens (tertiary/aromatic N) is 1. The highest BCUT2D eigenvalue weighted by atomic mass is 32.1. The lowest BCUT2D eigenvalue weighted by Crippen LogP contribution is -2.09. The molecular weight excluding hydrogens is 364 g/mol. The highest BCUT2D eigenvalue weighted by Gasteiger charge is 2.14. The summed E-state index contributed by atoms with van der Waals surface area (Å²) in [5, 5.41) is 5.49. The van der Waals surface area contributed by atoms with Gasteiger partial charge in [0.1, 0.15) is 12.4 Å². The van der Waals surface area contributed by atoms with E-state index in [0.29, 0.717) is 16.6 Å². The van der Waals surface area contributed by atoms with Gasteiger partial charge in [0.25, 0.3) is 5.91 Å². The first-order valence-electron chi connectivity index (χ1n) is 8.66. The van der Waals surface area contributed by atoms with Gasteiger partial charge in [-0.05, 0) is 67.8 Å². The molecule has 0 spiro atoms. The molecule has 0 unspecified atom stereocenters. The minimum Gasteiger partial charge on any atom is -0.489 e. The molecule has 0 saturated heterocycles. The molecule has 0 saturated carbocycles. The summed E-state index contributed by atoms with van der Waals surface area (Å²) >= 11 is 2.93. The molecule has 6 heteroatoms. The molecule has 1 N–H and O–H groups in total. The summed E-state index contributed by atoms with van der Waals surface area (Å²) < 4.78 is 5.91. The summed E-state index contributed by atoms with van der Waals surface area (Å²) in [7, 11) is 0. The van der Waals surface area contributed by atoms with Crippen LogP contribution in [-0.4, -0.2) is 10.9 Å². The predicted octanol–water partition coefficient (Wildman–Crippen LogP) is 5.14. The van der Waals surface area contributed by atoms with Crippen LogP contribution in [0.4, 0.5) is 5.13 Å². The van der Waals surface area contributed by atoms with Crippen molar-refractivity contribution in [2.24, 2.45) is 0 Å². The first-order valence-corrected chi connectivity index (χ1v) is 10.4. The number of rotatable bonds is 5. The van der Waals surface area contributed by atoms with Crippen molar-refractivity contribution >= 4 is 33.7 Å². The third-order valence-corrected chi connectivity index (χ3v) is 6.57. The van der Waals surface area contributed by atoms with Gasteiger partial charge in [0.15, 0.2) is 5.13 Å². The summed E-state index contributed by atoms with van der Waals surface area (Å²) in [6.45, 7) is 4.42. The van der Waals surface area contributed by atoms with Crippen LogP contribution in [0.3, 0.4) is 0 Å². The van der Waals surface area contributed by atoms with Gasteiger partial charge in [0.05, 0.1) is 10.6 Å². The highest BCUT2D eigenvalue weighted by molar-refractivity contribution is 7.16. The zero-order valence-corrected chi connectivity index (χ0v) is 16.4. The number of anilines is 1. The van der Waals surface area contributed by atoms with Crippen molar-refractivity contribution in [3.63, 3.8) is 0 Å². The van der Waals surface area contributed by atoms with Gasteiger partial charge in [-0.15, -0.1) is 22.7 Å². The van der Waals surface area contributed by atoms with Crippen molar-refractivity contribution in [3.05, 3.63) is 61.8 Å². The van der Waals surface area contributed by atoms with Gasteiger partial charge < -0.3 is 4.74 Å². The van der Waals surface area contributed by atoms with Crippen LogP contribution in [0.1, 0.15) is 43.4 Å². The van der Waals surface area contributed by atoms with E-state index in [4.69, 9.17) is 4.74 Å². The van der Waals surface area contributed by atoms with E-state index >= 15 is 0 Å². The molecule has 1 aliphatic carbocycles. The smallest absolute Gasteiger partial charge is 0.267 e. The van der Waals surface area contributed by atoms with Gasteiger partial charge >= 0.3 is 0 Å². The van der Waals surface area contributed by atoms with Crippen LogP contribution >= 0.6 is 22.7 Å². The molecular formula is C20H20N2O2S2. The Labute approximate surface area is 160 Å². The first-order chi connectivity index (χ1) is 12.6. The molecule has 1 aliphatic rings. The van der Waals surface area contributed by atoms with E-state index in [0.717, 1.165) is 28.3 Å². The lowest BCUT2D eigenvalue weighted by Gasteiger charge is -2.07. The standard InChI is InChI=1S/C20H20N2O2S2/c1-12-13(2)26-20(21-12)22-19(23)18-8-14(11-25-18)10-24-17-7-6-15-4-3-5-16(15)9-17/h6-9,11H,3-5,10H2,1-2H3,(H,21,22,23). The third-order valence-electron chi connectivity index (χ3n) is 4.60. The zero-order chi connectivity index (χ0) is 18.1. The second-order valence-corrected chi connectivity index (χ2v) is 8.62. The average Bonchev–Trinajstić information content (AvgIpc) is 3.33. The maximum atomic E-state index is 12.4. The van der Waals surface area contributed by atoms with Gasteiger partial charge in [-0.2, -0.15) is 0 Å². The van der Waals surface area contributed by atoms with E-state index in [2.05, 4.69) is 22.4 Å². The van der Waals surface area contributed by atoms with Crippen molar-refractivity contribution in [1.82, 2.24) is 4.98 Å². The fourth-order valence-electron chi connectivity index (χ4n) is 3.06. The van der Waals surface area contributed by atoms with Gasteiger partial charge in [-0.1, -0.05) is 6.07 Å². The summed E-state index contributed by atoms with van der Waals surface area (Å²) in [5.74, 6) is 0.782. The van der Waals surface area contributed by atoms with Gasteiger partial charge in [0, 0.05) is 10.4 Å². The normalized spacial score (nSPS) is 12.8. The minimum atomic E-state index is -0.118. The summed E-state index contributed by atoms with van der Waals surface area (Å²) in [4.78, 5) is 18.5. The molecule has 0 bridgehead atoms. The summed E-state index contributed by atoms with van der Waals surface area (Å²) in [6, 6.07) is 8.25. The fraction of sp³-hybridized carbons (Fsp3) is 0.300. The van der Waals surface area contributed by atoms with Crippen molar-refractivity contribution in [3.8, 4) is 5.75 Å². The maximum Gasteiger partial charge on any atom is 0.267 e. The molecule has 0 aliphatic heterocycles. The quantitative estimate of drug-likeness (QED) is 0.662. The number of ether oxygens (including phenoxy) is 1. The SMILES string of the molecule is Cc1nc(NC(=O)c2cc(COc3ccc4c(c3)CCC4)cs2)sc1C. The van der Waals surface area contributed by atoms with E-state index in [9.17, 15) is 4.79 Å². The minimum absolute atomic E-state index is 0.118. The highest BCUT2D eigenvalue weighted by Crippen LogP contribution is 2.27. The van der Waals surface area contributed by atoms with Gasteiger partial charge in [0.2, 0.25) is 0 Å². The molecule has 1 amide bonds. The van der Waals surface area contributed by atoms with E-state index < -0.39 is 0 Å². The summed E-state index contributed by atoms with van der Waals surface area (Å²) in [5.41, 5.74) is 4.81. The van der Waals surface area contributed by atoms with Crippen LogP contribution in [0.25, 0.3) is 0 Å². The number of thiophene rings is 1. The van der Waals surface area contributed by atoms with Crippen LogP contribution in [0.5, 0.6) is 5.75 Å². The number of hydrogen-bond donors (Lipinski definition) is 1. The van der Waals surface area contributed by atoms with Crippen LogP contribution in [-0.2, 0) is 19.4 Å². The Morgan fingerprint density at radius 3 is 2.88 bits per heavy atom. The number of carbonyl (C=O) groups is 1. The van der Waals surface area contributed by atoms with Gasteiger partial charge in [-0.3, -0.25) is 10.1 Å². The maximum absolute atomic E-state index is 12.4. The van der Waals surface area contributed by atoms with E-state index in [-0.39, 0.29) is 5.91 Å². The molecule has 2 aromatic heterocycles. The number of aromatic nitrogens is 1. The molecule has 3 aromatic rings.